The van der Waals surface area contributed by atoms with Crippen LogP contribution >= 0.6 is 0 Å². The molecule has 2 amide bonds. The predicted octanol–water partition coefficient (Wildman–Crippen LogP) is 1.56. The predicted molar refractivity (Wildman–Crippen MR) is 88.0 cm³/mol. The highest BCUT2D eigenvalue weighted by atomic mass is 16.5. The number of rotatable bonds is 8. The first-order chi connectivity index (χ1) is 11.5. The first kappa shape index (κ1) is 17.8. The Morgan fingerprint density at radius 2 is 2.12 bits per heavy atom. The summed E-state index contributed by atoms with van der Waals surface area (Å²) in [4.78, 5) is 36.7. The van der Waals surface area contributed by atoms with Crippen molar-refractivity contribution in [1.82, 2.24) is 5.32 Å². The average Bonchev–Trinajstić information content (AvgIpc) is 2.57. The van der Waals surface area contributed by atoms with Gasteiger partial charge >= 0.3 is 5.97 Å². The van der Waals surface area contributed by atoms with Gasteiger partial charge in [-0.15, -0.1) is 0 Å². The van der Waals surface area contributed by atoms with Crippen molar-refractivity contribution in [3.05, 3.63) is 24.3 Å². The number of carboxylic acid groups (broad SMARTS) is 1. The van der Waals surface area contributed by atoms with Crippen molar-refractivity contribution in [2.75, 3.05) is 18.1 Å². The van der Waals surface area contributed by atoms with Crippen LogP contribution in [-0.4, -0.2) is 42.1 Å². The maximum atomic E-state index is 12.0. The van der Waals surface area contributed by atoms with E-state index in [1.165, 1.54) is 4.90 Å². The number of carbonyl (C=O) groups excluding carboxylic acids is 2. The van der Waals surface area contributed by atoms with Crippen molar-refractivity contribution >= 4 is 23.5 Å². The molecule has 1 atom stereocenters. The van der Waals surface area contributed by atoms with Crippen LogP contribution in [0.15, 0.2) is 24.3 Å². The number of carbonyl (C=O) groups is 3. The molecule has 1 aromatic carbocycles. The molecule has 2 rings (SSSR count). The van der Waals surface area contributed by atoms with Gasteiger partial charge in [0, 0.05) is 13.0 Å². The first-order valence-corrected chi connectivity index (χ1v) is 8.07. The Morgan fingerprint density at radius 1 is 1.38 bits per heavy atom. The summed E-state index contributed by atoms with van der Waals surface area (Å²) < 4.78 is 5.34. The monoisotopic (exact) mass is 334 g/mol. The number of fused-ring (bicyclic) bond motifs is 1. The van der Waals surface area contributed by atoms with Crippen molar-refractivity contribution in [2.24, 2.45) is 0 Å². The molecule has 0 aromatic heterocycles. The van der Waals surface area contributed by atoms with Crippen LogP contribution in [0, 0.1) is 0 Å². The van der Waals surface area contributed by atoms with Crippen LogP contribution in [0.2, 0.25) is 0 Å². The van der Waals surface area contributed by atoms with E-state index in [0.717, 1.165) is 12.8 Å². The fourth-order valence-corrected chi connectivity index (χ4v) is 2.54. The van der Waals surface area contributed by atoms with Gasteiger partial charge in [0.25, 0.3) is 5.91 Å². The van der Waals surface area contributed by atoms with Crippen LogP contribution in [0.3, 0.4) is 0 Å². The lowest BCUT2D eigenvalue weighted by Crippen LogP contribution is -2.44. The van der Waals surface area contributed by atoms with Crippen molar-refractivity contribution in [2.45, 2.75) is 38.6 Å². The van der Waals surface area contributed by atoms with E-state index in [2.05, 4.69) is 5.32 Å². The summed E-state index contributed by atoms with van der Waals surface area (Å²) in [6.45, 7) is 2.08. The van der Waals surface area contributed by atoms with Gasteiger partial charge in [0.05, 0.1) is 5.69 Å². The van der Waals surface area contributed by atoms with E-state index in [-0.39, 0.29) is 31.4 Å². The highest BCUT2D eigenvalue weighted by molar-refractivity contribution is 5.98. The Labute approximate surface area is 140 Å². The van der Waals surface area contributed by atoms with Crippen molar-refractivity contribution in [1.29, 1.82) is 0 Å². The Kier molecular flexibility index (Phi) is 6.17. The molecule has 1 heterocycles. The molecule has 0 fully saturated rings. The van der Waals surface area contributed by atoms with Gasteiger partial charge in [-0.2, -0.15) is 0 Å². The molecule has 0 radical (unpaired) electrons. The number of para-hydroxylation sites is 2. The third-order valence-electron chi connectivity index (χ3n) is 3.85. The molecule has 0 bridgehead atoms. The van der Waals surface area contributed by atoms with Crippen molar-refractivity contribution in [3.63, 3.8) is 0 Å². The second-order valence-corrected chi connectivity index (χ2v) is 5.65. The van der Waals surface area contributed by atoms with Gasteiger partial charge in [0.2, 0.25) is 5.91 Å². The number of carboxylic acids is 1. The third kappa shape index (κ3) is 4.47. The zero-order chi connectivity index (χ0) is 17.5. The lowest BCUT2D eigenvalue weighted by Gasteiger charge is -2.29. The molecular weight excluding hydrogens is 312 g/mol. The summed E-state index contributed by atoms with van der Waals surface area (Å²) >= 11 is 0. The highest BCUT2D eigenvalue weighted by Gasteiger charge is 2.26. The summed E-state index contributed by atoms with van der Waals surface area (Å²) in [6, 6.07) is 6.24. The molecule has 2 N–H and O–H groups in total. The van der Waals surface area contributed by atoms with Gasteiger partial charge in [-0.05, 0) is 18.6 Å². The fourth-order valence-electron chi connectivity index (χ4n) is 2.54. The van der Waals surface area contributed by atoms with Gasteiger partial charge in [-0.25, -0.2) is 4.79 Å². The minimum Gasteiger partial charge on any atom is -0.482 e. The van der Waals surface area contributed by atoms with Gasteiger partial charge in [-0.1, -0.05) is 31.9 Å². The number of benzene rings is 1. The summed E-state index contributed by atoms with van der Waals surface area (Å²) in [5.41, 5.74) is 0.627. The second-order valence-electron chi connectivity index (χ2n) is 5.65. The second kappa shape index (κ2) is 8.33. The Morgan fingerprint density at radius 3 is 2.83 bits per heavy atom. The SMILES string of the molecule is CCCCC(NC(=O)CCN1C(=O)COc2ccccc21)C(=O)O. The number of nitrogens with one attached hydrogen (secondary N) is 1. The molecule has 0 saturated carbocycles. The van der Waals surface area contributed by atoms with Crippen molar-refractivity contribution in [3.8, 4) is 5.75 Å². The summed E-state index contributed by atoms with van der Waals surface area (Å²) in [7, 11) is 0. The van der Waals surface area contributed by atoms with E-state index in [0.29, 0.717) is 17.9 Å². The number of hydrogen-bond acceptors (Lipinski definition) is 4. The summed E-state index contributed by atoms with van der Waals surface area (Å²) in [6.07, 6.45) is 2.03. The molecule has 0 saturated heterocycles. The van der Waals surface area contributed by atoms with Crippen LogP contribution in [0.4, 0.5) is 5.69 Å². The zero-order valence-corrected chi connectivity index (χ0v) is 13.7. The molecule has 1 unspecified atom stereocenters. The largest absolute Gasteiger partial charge is 0.482 e. The first-order valence-electron chi connectivity index (χ1n) is 8.07. The lowest BCUT2D eigenvalue weighted by atomic mass is 10.1. The van der Waals surface area contributed by atoms with Crippen LogP contribution < -0.4 is 15.0 Å². The standard InChI is InChI=1S/C17H22N2O5/c1-2-3-6-12(17(22)23)18-15(20)9-10-19-13-7-4-5-8-14(13)24-11-16(19)21/h4-5,7-8,12H,2-3,6,9-11H2,1H3,(H,18,20)(H,22,23). The molecule has 7 heteroatoms. The summed E-state index contributed by atoms with van der Waals surface area (Å²) in [5, 5.41) is 11.7. The molecule has 1 aliphatic heterocycles. The summed E-state index contributed by atoms with van der Waals surface area (Å²) in [5.74, 6) is -1.04. The minimum absolute atomic E-state index is 0.0377. The average molecular weight is 334 g/mol. The van der Waals surface area contributed by atoms with E-state index in [1.807, 2.05) is 13.0 Å². The molecule has 24 heavy (non-hydrogen) atoms. The van der Waals surface area contributed by atoms with Crippen LogP contribution in [0.25, 0.3) is 0 Å². The van der Waals surface area contributed by atoms with Crippen LogP contribution in [0.5, 0.6) is 5.75 Å². The Balaban J connectivity index is 1.93. The van der Waals surface area contributed by atoms with E-state index < -0.39 is 12.0 Å². The molecule has 130 valence electrons. The Bertz CT molecular complexity index is 617. The van der Waals surface area contributed by atoms with Gasteiger partial charge in [-0.3, -0.25) is 9.59 Å². The number of aliphatic carboxylic acids is 1. The molecular formula is C17H22N2O5. The van der Waals surface area contributed by atoms with Crippen LogP contribution in [-0.2, 0) is 14.4 Å². The van der Waals surface area contributed by atoms with Gasteiger partial charge in [0.15, 0.2) is 6.61 Å². The quantitative estimate of drug-likeness (QED) is 0.752. The smallest absolute Gasteiger partial charge is 0.326 e. The number of ether oxygens (including phenoxy) is 1. The normalized spacial score (nSPS) is 14.5. The highest BCUT2D eigenvalue weighted by Crippen LogP contribution is 2.31. The van der Waals surface area contributed by atoms with Crippen LogP contribution in [0.1, 0.15) is 32.6 Å². The topological polar surface area (TPSA) is 95.9 Å². The van der Waals surface area contributed by atoms with Gasteiger partial charge in [0.1, 0.15) is 11.8 Å². The number of hydrogen-bond donors (Lipinski definition) is 2. The lowest BCUT2D eigenvalue weighted by molar-refractivity contribution is -0.142. The van der Waals surface area contributed by atoms with E-state index in [4.69, 9.17) is 9.84 Å². The van der Waals surface area contributed by atoms with E-state index >= 15 is 0 Å². The maximum Gasteiger partial charge on any atom is 0.326 e. The fraction of sp³-hybridized carbons (Fsp3) is 0.471. The van der Waals surface area contributed by atoms with Crippen molar-refractivity contribution < 1.29 is 24.2 Å². The van der Waals surface area contributed by atoms with E-state index in [9.17, 15) is 14.4 Å². The number of nitrogens with zero attached hydrogens (tertiary/aromatic N) is 1. The minimum atomic E-state index is -1.04. The molecule has 0 spiro atoms. The molecule has 1 aromatic rings. The zero-order valence-electron chi connectivity index (χ0n) is 13.7. The van der Waals surface area contributed by atoms with Gasteiger partial charge < -0.3 is 20.1 Å². The maximum absolute atomic E-state index is 12.0. The van der Waals surface area contributed by atoms with E-state index in [1.54, 1.807) is 18.2 Å². The number of amides is 2. The number of anilines is 1. The number of unbranched alkanes of at least 4 members (excludes halogenated alkanes) is 1. The molecule has 1 aliphatic rings. The Hall–Kier alpha value is -2.57. The third-order valence-corrected chi connectivity index (χ3v) is 3.85. The molecule has 7 nitrogen and oxygen atoms in total. The molecule has 0 aliphatic carbocycles.